The molecule has 8 nitrogen and oxygen atoms in total. The van der Waals surface area contributed by atoms with Gasteiger partial charge in [0.15, 0.2) is 0 Å². The summed E-state index contributed by atoms with van der Waals surface area (Å²) in [5.74, 6) is 0.325. The highest BCUT2D eigenvalue weighted by atomic mass is 32.2. The Kier molecular flexibility index (Phi) is 5.65. The van der Waals surface area contributed by atoms with Crippen molar-refractivity contribution in [1.29, 1.82) is 0 Å². The first-order chi connectivity index (χ1) is 17.8. The third-order valence-corrected chi connectivity index (χ3v) is 8.15. The fraction of sp³-hybridized carbons (Fsp3) is 0.222. The minimum atomic E-state index is -3.34. The van der Waals surface area contributed by atoms with Gasteiger partial charge in [0, 0.05) is 35.5 Å². The fourth-order valence-corrected chi connectivity index (χ4v) is 6.20. The Balaban J connectivity index is 1.50. The third kappa shape index (κ3) is 4.32. The van der Waals surface area contributed by atoms with Gasteiger partial charge in [-0.15, -0.1) is 0 Å². The lowest BCUT2D eigenvalue weighted by atomic mass is 10.0. The Morgan fingerprint density at radius 1 is 1.00 bits per heavy atom. The van der Waals surface area contributed by atoms with Crippen LogP contribution >= 0.6 is 0 Å². The SMILES string of the molecule is C[C@@H]1C[C@@H](n2cc(-c3ncnc4oc(-c5ccccc5)cc34)c(-c3ccc(F)cc3)n2)CN1S(C)(=O)=O. The van der Waals surface area contributed by atoms with Gasteiger partial charge in [-0.2, -0.15) is 9.40 Å². The van der Waals surface area contributed by atoms with E-state index in [0.717, 1.165) is 22.1 Å². The first-order valence-corrected chi connectivity index (χ1v) is 13.7. The molecule has 1 fully saturated rings. The summed E-state index contributed by atoms with van der Waals surface area (Å²) in [6, 6.07) is 17.5. The second-order valence-electron chi connectivity index (χ2n) is 9.37. The molecule has 4 heterocycles. The number of benzene rings is 2. The monoisotopic (exact) mass is 517 g/mol. The summed E-state index contributed by atoms with van der Waals surface area (Å²) < 4.78 is 47.6. The lowest BCUT2D eigenvalue weighted by Crippen LogP contribution is -2.33. The summed E-state index contributed by atoms with van der Waals surface area (Å²) in [6.07, 6.45) is 5.19. The van der Waals surface area contributed by atoms with E-state index in [0.29, 0.717) is 35.8 Å². The van der Waals surface area contributed by atoms with Crippen molar-refractivity contribution in [1.82, 2.24) is 24.1 Å². The van der Waals surface area contributed by atoms with E-state index in [1.807, 2.05) is 54.2 Å². The first kappa shape index (κ1) is 23.5. The molecule has 2 atom stereocenters. The average Bonchev–Trinajstić information content (AvgIpc) is 3.61. The molecular formula is C27H24FN5O3S. The Bertz CT molecular complexity index is 1700. The van der Waals surface area contributed by atoms with Crippen molar-refractivity contribution < 1.29 is 17.2 Å². The van der Waals surface area contributed by atoms with Crippen molar-refractivity contribution in [2.75, 3.05) is 12.8 Å². The van der Waals surface area contributed by atoms with Gasteiger partial charge in [0.25, 0.3) is 0 Å². The van der Waals surface area contributed by atoms with Gasteiger partial charge >= 0.3 is 0 Å². The van der Waals surface area contributed by atoms with Crippen LogP contribution in [0.3, 0.4) is 0 Å². The zero-order valence-electron chi connectivity index (χ0n) is 20.2. The van der Waals surface area contributed by atoms with E-state index in [2.05, 4.69) is 9.97 Å². The quantitative estimate of drug-likeness (QED) is 0.320. The van der Waals surface area contributed by atoms with Gasteiger partial charge in [0.05, 0.1) is 23.4 Å². The second kappa shape index (κ2) is 8.89. The summed E-state index contributed by atoms with van der Waals surface area (Å²) in [5, 5.41) is 5.60. The zero-order valence-corrected chi connectivity index (χ0v) is 21.1. The van der Waals surface area contributed by atoms with Crippen LogP contribution < -0.4 is 0 Å². The molecule has 1 aliphatic heterocycles. The zero-order chi connectivity index (χ0) is 25.7. The summed E-state index contributed by atoms with van der Waals surface area (Å²) in [5.41, 5.74) is 4.06. The van der Waals surface area contributed by atoms with Crippen LogP contribution in [0, 0.1) is 5.82 Å². The number of aromatic nitrogens is 4. The molecule has 2 aromatic carbocycles. The first-order valence-electron chi connectivity index (χ1n) is 11.9. The Morgan fingerprint density at radius 2 is 1.76 bits per heavy atom. The number of furan rings is 1. The van der Waals surface area contributed by atoms with Crippen molar-refractivity contribution in [2.24, 2.45) is 0 Å². The highest BCUT2D eigenvalue weighted by Crippen LogP contribution is 2.38. The molecule has 1 saturated heterocycles. The summed E-state index contributed by atoms with van der Waals surface area (Å²) in [6.45, 7) is 2.23. The van der Waals surface area contributed by atoms with Crippen LogP contribution in [0.4, 0.5) is 4.39 Å². The number of rotatable bonds is 5. The van der Waals surface area contributed by atoms with Crippen LogP contribution in [0.25, 0.3) is 44.9 Å². The Morgan fingerprint density at radius 3 is 2.46 bits per heavy atom. The summed E-state index contributed by atoms with van der Waals surface area (Å²) >= 11 is 0. The predicted molar refractivity (Wildman–Crippen MR) is 139 cm³/mol. The minimum absolute atomic E-state index is 0.144. The van der Waals surface area contributed by atoms with E-state index in [9.17, 15) is 12.8 Å². The maximum Gasteiger partial charge on any atom is 0.230 e. The van der Waals surface area contributed by atoms with E-state index < -0.39 is 10.0 Å². The van der Waals surface area contributed by atoms with Crippen LogP contribution in [-0.4, -0.2) is 51.3 Å². The molecule has 0 unspecified atom stereocenters. The molecule has 0 amide bonds. The number of nitrogens with zero attached hydrogens (tertiary/aromatic N) is 5. The Labute approximate surface area is 213 Å². The molecule has 37 heavy (non-hydrogen) atoms. The molecule has 0 radical (unpaired) electrons. The van der Waals surface area contributed by atoms with E-state index in [-0.39, 0.29) is 17.9 Å². The molecule has 0 spiro atoms. The number of halogens is 1. The van der Waals surface area contributed by atoms with E-state index in [1.165, 1.54) is 29.0 Å². The van der Waals surface area contributed by atoms with Crippen LogP contribution in [0.5, 0.6) is 0 Å². The molecule has 1 aliphatic rings. The van der Waals surface area contributed by atoms with Crippen LogP contribution in [-0.2, 0) is 10.0 Å². The number of fused-ring (bicyclic) bond motifs is 1. The number of hydrogen-bond acceptors (Lipinski definition) is 6. The molecule has 0 aliphatic carbocycles. The topological polar surface area (TPSA) is 94.1 Å². The summed E-state index contributed by atoms with van der Waals surface area (Å²) in [4.78, 5) is 8.92. The van der Waals surface area contributed by atoms with Crippen molar-refractivity contribution >= 4 is 21.1 Å². The highest BCUT2D eigenvalue weighted by molar-refractivity contribution is 7.88. The smallest absolute Gasteiger partial charge is 0.230 e. The fourth-order valence-electron chi connectivity index (χ4n) is 5.02. The standard InChI is InChI=1S/C27H24FN5O3S/c1-17-12-21(14-33(17)37(2,34)35)32-15-23(25(31-32)19-8-10-20(28)11-9-19)26-22-13-24(18-6-4-3-5-7-18)36-27(22)30-16-29-26/h3-11,13,15-17,21H,12,14H2,1-2H3/t17-,21-/m1/s1. The van der Waals surface area contributed by atoms with Gasteiger partial charge in [0.2, 0.25) is 15.7 Å². The van der Waals surface area contributed by atoms with E-state index >= 15 is 0 Å². The van der Waals surface area contributed by atoms with Crippen molar-refractivity contribution in [3.8, 4) is 33.8 Å². The molecular weight excluding hydrogens is 493 g/mol. The average molecular weight is 518 g/mol. The van der Waals surface area contributed by atoms with E-state index in [4.69, 9.17) is 9.52 Å². The van der Waals surface area contributed by atoms with Crippen LogP contribution in [0.1, 0.15) is 19.4 Å². The largest absolute Gasteiger partial charge is 0.438 e. The normalized spacial score (nSPS) is 18.6. The lowest BCUT2D eigenvalue weighted by molar-refractivity contribution is 0.404. The molecule has 0 saturated carbocycles. The molecule has 0 N–H and O–H groups in total. The third-order valence-electron chi connectivity index (χ3n) is 6.79. The molecule has 10 heteroatoms. The number of sulfonamides is 1. The van der Waals surface area contributed by atoms with Gasteiger partial charge in [-0.1, -0.05) is 30.3 Å². The lowest BCUT2D eigenvalue weighted by Gasteiger charge is -2.17. The van der Waals surface area contributed by atoms with Crippen molar-refractivity contribution in [3.63, 3.8) is 0 Å². The predicted octanol–water partition coefficient (Wildman–Crippen LogP) is 5.15. The van der Waals surface area contributed by atoms with Crippen molar-refractivity contribution in [2.45, 2.75) is 25.4 Å². The van der Waals surface area contributed by atoms with Crippen LogP contribution in [0.15, 0.2) is 77.6 Å². The van der Waals surface area contributed by atoms with Gasteiger partial charge < -0.3 is 4.42 Å². The molecule has 0 bridgehead atoms. The molecule has 188 valence electrons. The second-order valence-corrected chi connectivity index (χ2v) is 11.3. The van der Waals surface area contributed by atoms with Gasteiger partial charge in [0.1, 0.15) is 23.6 Å². The number of hydrogen-bond donors (Lipinski definition) is 0. The molecule has 6 rings (SSSR count). The Hall–Kier alpha value is -3.89. The highest BCUT2D eigenvalue weighted by Gasteiger charge is 2.36. The van der Waals surface area contributed by atoms with Gasteiger partial charge in [-0.3, -0.25) is 4.68 Å². The minimum Gasteiger partial charge on any atom is -0.438 e. The van der Waals surface area contributed by atoms with Crippen molar-refractivity contribution in [3.05, 3.63) is 79.0 Å². The summed E-state index contributed by atoms with van der Waals surface area (Å²) in [7, 11) is -3.34. The van der Waals surface area contributed by atoms with Gasteiger partial charge in [-0.25, -0.2) is 22.8 Å². The maximum atomic E-state index is 13.7. The molecule has 3 aromatic heterocycles. The van der Waals surface area contributed by atoms with Crippen LogP contribution in [0.2, 0.25) is 0 Å². The van der Waals surface area contributed by atoms with Gasteiger partial charge in [-0.05, 0) is 43.7 Å². The van der Waals surface area contributed by atoms with E-state index in [1.54, 1.807) is 12.1 Å². The maximum absolute atomic E-state index is 13.7. The molecule has 5 aromatic rings.